The van der Waals surface area contributed by atoms with Gasteiger partial charge in [-0.1, -0.05) is 19.0 Å². The molecule has 0 radical (unpaired) electrons. The Balaban J connectivity index is 1.32. The predicted octanol–water partition coefficient (Wildman–Crippen LogP) is 3.92. The second-order valence-corrected chi connectivity index (χ2v) is 7.65. The van der Waals surface area contributed by atoms with Crippen molar-refractivity contribution in [3.05, 3.63) is 30.4 Å². The molecule has 1 fully saturated rings. The molecule has 28 heavy (non-hydrogen) atoms. The van der Waals surface area contributed by atoms with Gasteiger partial charge in [0.15, 0.2) is 11.6 Å². The molecule has 1 aliphatic heterocycles. The highest BCUT2D eigenvalue weighted by Gasteiger charge is 2.25. The zero-order valence-corrected chi connectivity index (χ0v) is 16.1. The van der Waals surface area contributed by atoms with Crippen LogP contribution in [-0.4, -0.2) is 45.8 Å². The molecule has 0 aliphatic carbocycles. The first-order valence-electron chi connectivity index (χ1n) is 9.66. The molecule has 0 aromatic carbocycles. The molecule has 8 nitrogen and oxygen atoms in total. The monoisotopic (exact) mass is 384 g/mol. The van der Waals surface area contributed by atoms with E-state index in [4.69, 9.17) is 13.7 Å². The summed E-state index contributed by atoms with van der Waals surface area (Å²) in [7, 11) is 0. The van der Waals surface area contributed by atoms with E-state index in [1.807, 2.05) is 19.9 Å². The molecule has 148 valence electrons. The Labute approximate surface area is 162 Å². The molecule has 1 saturated heterocycles. The summed E-state index contributed by atoms with van der Waals surface area (Å²) in [6.45, 7) is 5.91. The molecule has 4 heterocycles. The summed E-state index contributed by atoms with van der Waals surface area (Å²) in [4.78, 5) is 22.4. The van der Waals surface area contributed by atoms with Crippen molar-refractivity contribution < 1.29 is 18.5 Å². The Morgan fingerprint density at radius 1 is 1.36 bits per heavy atom. The average Bonchev–Trinajstić information content (AvgIpc) is 3.33. The van der Waals surface area contributed by atoms with E-state index in [2.05, 4.69) is 15.1 Å². The number of hydrogen-bond acceptors (Lipinski definition) is 7. The van der Waals surface area contributed by atoms with Crippen LogP contribution in [0.1, 0.15) is 32.5 Å². The summed E-state index contributed by atoms with van der Waals surface area (Å²) < 4.78 is 16.4. The number of piperidine rings is 1. The molecule has 0 unspecified atom stereocenters. The highest BCUT2D eigenvalue weighted by Crippen LogP contribution is 2.27. The highest BCUT2D eigenvalue weighted by molar-refractivity contribution is 5.80. The first-order chi connectivity index (χ1) is 13.6. The maximum absolute atomic E-state index is 12.1. The maximum atomic E-state index is 12.1. The fraction of sp³-hybridized carbons (Fsp3) is 0.500. The average molecular weight is 384 g/mol. The highest BCUT2D eigenvalue weighted by atomic mass is 16.6. The molecule has 0 bridgehead atoms. The summed E-state index contributed by atoms with van der Waals surface area (Å²) in [5.41, 5.74) is 0.737. The Morgan fingerprint density at radius 2 is 2.18 bits per heavy atom. The van der Waals surface area contributed by atoms with Crippen molar-refractivity contribution in [3.63, 3.8) is 0 Å². The van der Waals surface area contributed by atoms with Gasteiger partial charge >= 0.3 is 6.09 Å². The summed E-state index contributed by atoms with van der Waals surface area (Å²) >= 11 is 0. The van der Waals surface area contributed by atoms with Crippen molar-refractivity contribution >= 4 is 17.1 Å². The van der Waals surface area contributed by atoms with Gasteiger partial charge in [-0.2, -0.15) is 4.98 Å². The molecular formula is C20H24N4O4. The van der Waals surface area contributed by atoms with Gasteiger partial charge in [0.2, 0.25) is 0 Å². The maximum Gasteiger partial charge on any atom is 0.409 e. The van der Waals surface area contributed by atoms with Crippen LogP contribution in [0.5, 0.6) is 0 Å². The lowest BCUT2D eigenvalue weighted by Crippen LogP contribution is -2.39. The smallest absolute Gasteiger partial charge is 0.409 e. The Bertz CT molecular complexity index is 907. The topological polar surface area (TPSA) is 94.5 Å². The molecule has 4 rings (SSSR count). The van der Waals surface area contributed by atoms with Gasteiger partial charge in [0, 0.05) is 37.3 Å². The van der Waals surface area contributed by atoms with Crippen molar-refractivity contribution in [2.45, 2.75) is 33.1 Å². The second-order valence-electron chi connectivity index (χ2n) is 7.65. The zero-order valence-electron chi connectivity index (χ0n) is 16.1. The quantitative estimate of drug-likeness (QED) is 0.658. The number of hydrogen-bond donors (Lipinski definition) is 0. The lowest BCUT2D eigenvalue weighted by Gasteiger charge is -2.30. The molecule has 3 aromatic rings. The number of furan rings is 1. The van der Waals surface area contributed by atoms with E-state index in [1.165, 1.54) is 0 Å². The lowest BCUT2D eigenvalue weighted by atomic mass is 9.93. The van der Waals surface area contributed by atoms with Crippen LogP contribution in [0, 0.1) is 11.8 Å². The number of ether oxygens (including phenoxy) is 1. The third-order valence-corrected chi connectivity index (χ3v) is 4.88. The number of likely N-dealkylation sites (tertiary alicyclic amines) is 1. The van der Waals surface area contributed by atoms with Gasteiger partial charge in [0.05, 0.1) is 6.61 Å². The summed E-state index contributed by atoms with van der Waals surface area (Å²) in [6.07, 6.45) is 5.72. The van der Waals surface area contributed by atoms with Crippen LogP contribution >= 0.6 is 0 Å². The Morgan fingerprint density at radius 3 is 2.93 bits per heavy atom. The number of rotatable bonds is 5. The van der Waals surface area contributed by atoms with Crippen LogP contribution in [-0.2, 0) is 11.2 Å². The molecule has 0 saturated carbocycles. The van der Waals surface area contributed by atoms with E-state index in [9.17, 15) is 4.79 Å². The van der Waals surface area contributed by atoms with Gasteiger partial charge in [-0.15, -0.1) is 0 Å². The minimum atomic E-state index is -0.214. The van der Waals surface area contributed by atoms with E-state index >= 15 is 0 Å². The standard InChI is InChI=1S/C20H24N4O4/c1-13(2)12-26-20(25)24-7-4-14(5-8-24)9-18-22-19(28-23-18)17-10-15-11-21-6-3-16(15)27-17/h3,6,10-11,13-14H,4-5,7-9,12H2,1-2H3. The van der Waals surface area contributed by atoms with Crippen LogP contribution in [0.25, 0.3) is 22.6 Å². The second kappa shape index (κ2) is 8.00. The van der Waals surface area contributed by atoms with E-state index in [0.717, 1.165) is 30.2 Å². The number of amides is 1. The molecule has 1 aliphatic rings. The molecular weight excluding hydrogens is 360 g/mol. The number of nitrogens with zero attached hydrogens (tertiary/aromatic N) is 4. The summed E-state index contributed by atoms with van der Waals surface area (Å²) in [6, 6.07) is 3.65. The van der Waals surface area contributed by atoms with Crippen LogP contribution in [0.4, 0.5) is 4.79 Å². The lowest BCUT2D eigenvalue weighted by molar-refractivity contribution is 0.0788. The van der Waals surface area contributed by atoms with Crippen LogP contribution < -0.4 is 0 Å². The van der Waals surface area contributed by atoms with E-state index in [-0.39, 0.29) is 6.09 Å². The molecule has 3 aromatic heterocycles. The SMILES string of the molecule is CC(C)COC(=O)N1CCC(Cc2noc(-c3cc4cnccc4o3)n2)CC1. The first kappa shape index (κ1) is 18.5. The van der Waals surface area contributed by atoms with Crippen molar-refractivity contribution in [3.8, 4) is 11.7 Å². The van der Waals surface area contributed by atoms with Gasteiger partial charge in [0.1, 0.15) is 5.58 Å². The van der Waals surface area contributed by atoms with Crippen molar-refractivity contribution in [2.24, 2.45) is 11.8 Å². The van der Waals surface area contributed by atoms with Crippen molar-refractivity contribution in [2.75, 3.05) is 19.7 Å². The Hall–Kier alpha value is -2.90. The summed E-state index contributed by atoms with van der Waals surface area (Å²) in [5, 5.41) is 4.99. The van der Waals surface area contributed by atoms with Gasteiger partial charge in [-0.05, 0) is 36.8 Å². The number of pyridine rings is 1. The molecule has 0 N–H and O–H groups in total. The number of aromatic nitrogens is 3. The molecule has 0 atom stereocenters. The zero-order chi connectivity index (χ0) is 19.5. The van der Waals surface area contributed by atoms with Crippen LogP contribution in [0.2, 0.25) is 0 Å². The third-order valence-electron chi connectivity index (χ3n) is 4.88. The van der Waals surface area contributed by atoms with Crippen LogP contribution in [0.15, 0.2) is 33.5 Å². The fourth-order valence-electron chi connectivity index (χ4n) is 3.33. The van der Waals surface area contributed by atoms with Crippen LogP contribution in [0.3, 0.4) is 0 Å². The minimum absolute atomic E-state index is 0.214. The van der Waals surface area contributed by atoms with E-state index in [0.29, 0.717) is 49.0 Å². The molecule has 8 heteroatoms. The van der Waals surface area contributed by atoms with E-state index < -0.39 is 0 Å². The van der Waals surface area contributed by atoms with Gasteiger partial charge in [-0.25, -0.2) is 4.79 Å². The van der Waals surface area contributed by atoms with Crippen molar-refractivity contribution in [1.29, 1.82) is 0 Å². The van der Waals surface area contributed by atoms with Crippen molar-refractivity contribution in [1.82, 2.24) is 20.0 Å². The number of carbonyl (C=O) groups excluding carboxylic acids is 1. The predicted molar refractivity (Wildman–Crippen MR) is 101 cm³/mol. The number of fused-ring (bicyclic) bond motifs is 1. The third kappa shape index (κ3) is 4.16. The largest absolute Gasteiger partial charge is 0.451 e. The molecule has 1 amide bonds. The summed E-state index contributed by atoms with van der Waals surface area (Å²) in [5.74, 6) is 2.34. The minimum Gasteiger partial charge on any atom is -0.451 e. The fourth-order valence-corrected chi connectivity index (χ4v) is 3.33. The number of carbonyl (C=O) groups is 1. The first-order valence-corrected chi connectivity index (χ1v) is 9.66. The van der Waals surface area contributed by atoms with Gasteiger partial charge in [0.25, 0.3) is 5.89 Å². The van der Waals surface area contributed by atoms with Gasteiger partial charge < -0.3 is 18.6 Å². The van der Waals surface area contributed by atoms with E-state index in [1.54, 1.807) is 23.4 Å². The normalized spacial score (nSPS) is 15.5. The van der Waals surface area contributed by atoms with Gasteiger partial charge in [-0.3, -0.25) is 4.98 Å². The molecule has 0 spiro atoms. The Kier molecular flexibility index (Phi) is 5.27.